The Balaban J connectivity index is 2.06. The second kappa shape index (κ2) is 5.66. The van der Waals surface area contributed by atoms with Gasteiger partial charge in [-0.15, -0.1) is 11.3 Å². The van der Waals surface area contributed by atoms with Crippen LogP contribution in [0.4, 0.5) is 0 Å². The Morgan fingerprint density at radius 1 is 1.44 bits per heavy atom. The van der Waals surface area contributed by atoms with E-state index in [1.165, 1.54) is 6.07 Å². The maximum Gasteiger partial charge on any atom is 0.273 e. The van der Waals surface area contributed by atoms with Gasteiger partial charge in [0.15, 0.2) is 6.10 Å². The lowest BCUT2D eigenvalue weighted by Gasteiger charge is -2.21. The third-order valence-corrected chi connectivity index (χ3v) is 5.62. The van der Waals surface area contributed by atoms with Crippen LogP contribution in [-0.4, -0.2) is 40.2 Å². The van der Waals surface area contributed by atoms with Gasteiger partial charge in [-0.05, 0) is 28.1 Å². The molecule has 1 N–H and O–H groups in total. The molecule has 1 aliphatic heterocycles. The molecule has 18 heavy (non-hydrogen) atoms. The van der Waals surface area contributed by atoms with Gasteiger partial charge < -0.3 is 9.47 Å². The molecule has 1 unspecified atom stereocenters. The summed E-state index contributed by atoms with van der Waals surface area (Å²) in [6.45, 7) is 0.757. The van der Waals surface area contributed by atoms with Crippen LogP contribution in [0, 0.1) is 0 Å². The van der Waals surface area contributed by atoms with Crippen molar-refractivity contribution in [3.63, 3.8) is 0 Å². The van der Waals surface area contributed by atoms with Crippen LogP contribution >= 0.6 is 27.3 Å². The monoisotopic (exact) mass is 355 g/mol. The van der Waals surface area contributed by atoms with Gasteiger partial charge in [-0.2, -0.15) is 0 Å². The van der Waals surface area contributed by atoms with Crippen molar-refractivity contribution >= 4 is 43.2 Å². The number of carbonyl (C=O) groups excluding carboxylic acids is 1. The van der Waals surface area contributed by atoms with E-state index in [1.807, 2.05) is 4.72 Å². The molecule has 0 saturated carbocycles. The van der Waals surface area contributed by atoms with Gasteiger partial charge in [-0.3, -0.25) is 4.79 Å². The predicted molar refractivity (Wildman–Crippen MR) is 67.9 cm³/mol. The van der Waals surface area contributed by atoms with E-state index in [0.717, 1.165) is 11.3 Å². The maximum absolute atomic E-state index is 11.9. The van der Waals surface area contributed by atoms with Gasteiger partial charge in [0.1, 0.15) is 4.21 Å². The molecule has 1 atom stereocenters. The van der Waals surface area contributed by atoms with E-state index >= 15 is 0 Å². The molecule has 1 aliphatic rings. The van der Waals surface area contributed by atoms with Crippen LogP contribution in [-0.2, 0) is 24.3 Å². The van der Waals surface area contributed by atoms with Gasteiger partial charge in [0.2, 0.25) is 0 Å². The van der Waals surface area contributed by atoms with Crippen LogP contribution in [0.15, 0.2) is 20.1 Å². The number of sulfonamides is 1. The van der Waals surface area contributed by atoms with E-state index in [1.54, 1.807) is 6.07 Å². The summed E-state index contributed by atoms with van der Waals surface area (Å²) in [6.07, 6.45) is -0.878. The van der Waals surface area contributed by atoms with Gasteiger partial charge >= 0.3 is 0 Å². The molecule has 1 fully saturated rings. The molecule has 2 heterocycles. The van der Waals surface area contributed by atoms with Crippen molar-refractivity contribution in [2.45, 2.75) is 10.3 Å². The van der Waals surface area contributed by atoms with Gasteiger partial charge in [0.05, 0.1) is 23.6 Å². The standard InChI is InChI=1S/C9H10BrNO5S2/c10-7-1-2-8(17-7)18(13,14)11-9(12)6-5-15-3-4-16-6/h1-2,6H,3-5H2,(H,11,12). The summed E-state index contributed by atoms with van der Waals surface area (Å²) in [4.78, 5) is 11.7. The van der Waals surface area contributed by atoms with Crippen LogP contribution in [0.25, 0.3) is 0 Å². The highest BCUT2D eigenvalue weighted by Crippen LogP contribution is 2.25. The molecule has 0 bridgehead atoms. The molecule has 9 heteroatoms. The molecule has 1 aromatic rings. The minimum atomic E-state index is -3.83. The molecule has 6 nitrogen and oxygen atoms in total. The van der Waals surface area contributed by atoms with Crippen LogP contribution in [0.3, 0.4) is 0 Å². The first-order valence-electron chi connectivity index (χ1n) is 5.00. The quantitative estimate of drug-likeness (QED) is 0.864. The Bertz CT molecular complexity index is 535. The highest BCUT2D eigenvalue weighted by molar-refractivity contribution is 9.11. The minimum absolute atomic E-state index is 0.0650. The number of carbonyl (C=O) groups is 1. The third kappa shape index (κ3) is 3.29. The minimum Gasteiger partial charge on any atom is -0.376 e. The predicted octanol–water partition coefficient (Wildman–Crippen LogP) is 0.731. The molecule has 100 valence electrons. The highest BCUT2D eigenvalue weighted by atomic mass is 79.9. The fraction of sp³-hybridized carbons (Fsp3) is 0.444. The fourth-order valence-corrected chi connectivity index (χ4v) is 4.35. The lowest BCUT2D eigenvalue weighted by atomic mass is 10.3. The largest absolute Gasteiger partial charge is 0.376 e. The van der Waals surface area contributed by atoms with E-state index in [-0.39, 0.29) is 17.4 Å². The van der Waals surface area contributed by atoms with Crippen LogP contribution in [0.2, 0.25) is 0 Å². The number of ether oxygens (including phenoxy) is 2. The lowest BCUT2D eigenvalue weighted by Crippen LogP contribution is -2.44. The van der Waals surface area contributed by atoms with E-state index in [0.29, 0.717) is 10.4 Å². The first kappa shape index (κ1) is 13.9. The van der Waals surface area contributed by atoms with Gasteiger partial charge in [-0.1, -0.05) is 0 Å². The van der Waals surface area contributed by atoms with Crippen molar-refractivity contribution in [1.29, 1.82) is 0 Å². The molecule has 1 aromatic heterocycles. The van der Waals surface area contributed by atoms with Crippen molar-refractivity contribution in [3.8, 4) is 0 Å². The molecule has 1 saturated heterocycles. The number of amides is 1. The maximum atomic E-state index is 11.9. The van der Waals surface area contributed by atoms with Crippen molar-refractivity contribution in [2.75, 3.05) is 19.8 Å². The number of hydrogen-bond acceptors (Lipinski definition) is 6. The van der Waals surface area contributed by atoms with E-state index in [9.17, 15) is 13.2 Å². The molecule has 0 radical (unpaired) electrons. The Hall–Kier alpha value is -0.480. The summed E-state index contributed by atoms with van der Waals surface area (Å²) in [5, 5.41) is 0. The summed E-state index contributed by atoms with van der Waals surface area (Å²) < 4.78 is 36.6. The number of rotatable bonds is 3. The van der Waals surface area contributed by atoms with Crippen LogP contribution in [0.5, 0.6) is 0 Å². The van der Waals surface area contributed by atoms with Crippen molar-refractivity contribution in [1.82, 2.24) is 4.72 Å². The van der Waals surface area contributed by atoms with Crippen molar-refractivity contribution < 1.29 is 22.7 Å². The number of hydrogen-bond donors (Lipinski definition) is 1. The smallest absolute Gasteiger partial charge is 0.273 e. The Morgan fingerprint density at radius 3 is 2.78 bits per heavy atom. The van der Waals surface area contributed by atoms with Crippen molar-refractivity contribution in [3.05, 3.63) is 15.9 Å². The van der Waals surface area contributed by atoms with E-state index in [2.05, 4.69) is 15.9 Å². The molecule has 2 rings (SSSR count). The highest BCUT2D eigenvalue weighted by Gasteiger charge is 2.28. The number of nitrogens with one attached hydrogen (secondary N) is 1. The second-order valence-electron chi connectivity index (χ2n) is 3.46. The molecule has 0 aromatic carbocycles. The first-order chi connectivity index (χ1) is 8.49. The SMILES string of the molecule is O=C(NS(=O)(=O)c1ccc(Br)s1)C1COCCO1. The van der Waals surface area contributed by atoms with Gasteiger partial charge in [0, 0.05) is 0 Å². The van der Waals surface area contributed by atoms with E-state index < -0.39 is 22.0 Å². The van der Waals surface area contributed by atoms with E-state index in [4.69, 9.17) is 9.47 Å². The second-order valence-corrected chi connectivity index (χ2v) is 7.83. The zero-order chi connectivity index (χ0) is 13.2. The first-order valence-corrected chi connectivity index (χ1v) is 8.09. The normalized spacial score (nSPS) is 20.6. The summed E-state index contributed by atoms with van der Waals surface area (Å²) in [5.41, 5.74) is 0. The Morgan fingerprint density at radius 2 is 2.22 bits per heavy atom. The molecule has 0 spiro atoms. The fourth-order valence-electron chi connectivity index (χ4n) is 1.33. The Kier molecular flexibility index (Phi) is 4.38. The summed E-state index contributed by atoms with van der Waals surface area (Å²) in [6, 6.07) is 3.02. The zero-order valence-corrected chi connectivity index (χ0v) is 12.3. The average Bonchev–Trinajstić information content (AvgIpc) is 2.77. The van der Waals surface area contributed by atoms with Gasteiger partial charge in [0.25, 0.3) is 15.9 Å². The molecular formula is C9H10BrNO5S2. The number of halogens is 1. The van der Waals surface area contributed by atoms with Crippen molar-refractivity contribution in [2.24, 2.45) is 0 Å². The number of thiophene rings is 1. The van der Waals surface area contributed by atoms with Crippen LogP contribution in [0.1, 0.15) is 0 Å². The Labute approximate surface area is 116 Å². The van der Waals surface area contributed by atoms with Crippen LogP contribution < -0.4 is 4.72 Å². The van der Waals surface area contributed by atoms with Gasteiger partial charge in [-0.25, -0.2) is 13.1 Å². The summed E-state index contributed by atoms with van der Waals surface area (Å²) in [5.74, 6) is -0.709. The molecule has 0 aliphatic carbocycles. The zero-order valence-electron chi connectivity index (χ0n) is 9.09. The summed E-state index contributed by atoms with van der Waals surface area (Å²) >= 11 is 4.19. The summed E-state index contributed by atoms with van der Waals surface area (Å²) in [7, 11) is -3.83. The average molecular weight is 356 g/mol. The molecular weight excluding hydrogens is 346 g/mol. The molecule has 1 amide bonds. The third-order valence-electron chi connectivity index (χ3n) is 2.16. The topological polar surface area (TPSA) is 81.7 Å². The lowest BCUT2D eigenvalue weighted by molar-refractivity contribution is -0.145.